The Morgan fingerprint density at radius 3 is 2.26 bits per heavy atom. The minimum Gasteiger partial charge on any atom is -0.458 e. The maximum Gasteiger partial charge on any atom is 0.407 e. The van der Waals surface area contributed by atoms with Crippen LogP contribution >= 0.6 is 0 Å². The number of esters is 2. The number of rotatable bonds is 13. The molecule has 1 aliphatic heterocycles. The van der Waals surface area contributed by atoms with Crippen molar-refractivity contribution >= 4 is 18.0 Å². The summed E-state index contributed by atoms with van der Waals surface area (Å²) in [6.45, 7) is 7.74. The highest BCUT2D eigenvalue weighted by molar-refractivity contribution is 5.67. The molecule has 5 atom stereocenters. The first-order chi connectivity index (χ1) is 16.8. The third kappa shape index (κ3) is 10.2. The number of alkyl carbamates (subject to hydrolysis) is 1. The van der Waals surface area contributed by atoms with Gasteiger partial charge in [-0.1, -0.05) is 57.0 Å². The summed E-state index contributed by atoms with van der Waals surface area (Å²) in [5.41, 5.74) is 0.944. The van der Waals surface area contributed by atoms with Crippen LogP contribution in [0.3, 0.4) is 0 Å². The molecule has 5 unspecified atom stereocenters. The number of amides is 1. The Kier molecular flexibility index (Phi) is 12.6. The van der Waals surface area contributed by atoms with E-state index in [-0.39, 0.29) is 18.6 Å². The molecule has 35 heavy (non-hydrogen) atoms. The van der Waals surface area contributed by atoms with Crippen molar-refractivity contribution in [2.75, 3.05) is 13.2 Å². The first kappa shape index (κ1) is 28.6. The lowest BCUT2D eigenvalue weighted by molar-refractivity contribution is -0.290. The molecule has 1 fully saturated rings. The smallest absolute Gasteiger partial charge is 0.407 e. The van der Waals surface area contributed by atoms with Crippen molar-refractivity contribution in [1.29, 1.82) is 0 Å². The predicted octanol–water partition coefficient (Wildman–Crippen LogP) is 4.12. The van der Waals surface area contributed by atoms with E-state index >= 15 is 0 Å². The van der Waals surface area contributed by atoms with Crippen molar-refractivity contribution in [3.05, 3.63) is 35.9 Å². The normalized spacial score (nSPS) is 23.8. The maximum atomic E-state index is 11.8. The third-order valence-electron chi connectivity index (χ3n) is 5.85. The first-order valence-corrected chi connectivity index (χ1v) is 12.4. The Morgan fingerprint density at radius 1 is 0.943 bits per heavy atom. The van der Waals surface area contributed by atoms with Gasteiger partial charge in [0.05, 0.1) is 6.10 Å². The van der Waals surface area contributed by atoms with Gasteiger partial charge in [0.15, 0.2) is 12.4 Å². The highest BCUT2D eigenvalue weighted by atomic mass is 16.7. The molecule has 1 aliphatic rings. The number of ether oxygens (including phenoxy) is 5. The number of nitrogens with one attached hydrogen (secondary N) is 1. The van der Waals surface area contributed by atoms with Gasteiger partial charge in [-0.05, 0) is 24.8 Å². The second-order valence-corrected chi connectivity index (χ2v) is 8.73. The van der Waals surface area contributed by atoms with E-state index in [2.05, 4.69) is 5.32 Å². The van der Waals surface area contributed by atoms with Crippen LogP contribution in [-0.4, -0.2) is 55.8 Å². The molecule has 0 aliphatic carbocycles. The Balaban J connectivity index is 1.67. The van der Waals surface area contributed by atoms with Crippen LogP contribution in [-0.2, 0) is 39.9 Å². The SMILES string of the molecule is CCC1OC(OCCCCCCNC(=O)OCc2ccccc2)C(OC(C)=O)C(OC(C)=O)C1C. The number of hydrogen-bond donors (Lipinski definition) is 1. The van der Waals surface area contributed by atoms with E-state index in [0.29, 0.717) is 19.6 Å². The zero-order chi connectivity index (χ0) is 25.6. The van der Waals surface area contributed by atoms with E-state index in [1.807, 2.05) is 44.2 Å². The van der Waals surface area contributed by atoms with E-state index in [1.54, 1.807) is 0 Å². The molecule has 9 nitrogen and oxygen atoms in total. The summed E-state index contributed by atoms with van der Waals surface area (Å²) in [5, 5.41) is 2.75. The van der Waals surface area contributed by atoms with E-state index in [4.69, 9.17) is 23.7 Å². The van der Waals surface area contributed by atoms with E-state index < -0.39 is 36.5 Å². The van der Waals surface area contributed by atoms with Crippen LogP contribution < -0.4 is 5.32 Å². The fraction of sp³-hybridized carbons (Fsp3) is 0.654. The number of hydrogen-bond acceptors (Lipinski definition) is 8. The molecule has 1 aromatic rings. The summed E-state index contributed by atoms with van der Waals surface area (Å²) < 4.78 is 28.1. The second kappa shape index (κ2) is 15.4. The number of unbranched alkanes of at least 4 members (excludes halogenated alkanes) is 3. The maximum absolute atomic E-state index is 11.8. The van der Waals surface area contributed by atoms with E-state index in [0.717, 1.165) is 31.2 Å². The molecular weight excluding hydrogens is 454 g/mol. The summed E-state index contributed by atoms with van der Waals surface area (Å²) >= 11 is 0. The van der Waals surface area contributed by atoms with Gasteiger partial charge in [0.2, 0.25) is 0 Å². The van der Waals surface area contributed by atoms with Gasteiger partial charge < -0.3 is 29.0 Å². The van der Waals surface area contributed by atoms with Gasteiger partial charge in [0.25, 0.3) is 0 Å². The number of carbonyl (C=O) groups excluding carboxylic acids is 3. The topological polar surface area (TPSA) is 109 Å². The van der Waals surface area contributed by atoms with Gasteiger partial charge in [-0.2, -0.15) is 0 Å². The fourth-order valence-electron chi connectivity index (χ4n) is 4.07. The molecule has 196 valence electrons. The van der Waals surface area contributed by atoms with Gasteiger partial charge in [-0.15, -0.1) is 0 Å². The summed E-state index contributed by atoms with van der Waals surface area (Å²) in [7, 11) is 0. The second-order valence-electron chi connectivity index (χ2n) is 8.73. The zero-order valence-corrected chi connectivity index (χ0v) is 21.2. The Bertz CT molecular complexity index is 787. The highest BCUT2D eigenvalue weighted by Gasteiger charge is 2.47. The lowest BCUT2D eigenvalue weighted by atomic mass is 9.89. The van der Waals surface area contributed by atoms with Crippen LogP contribution in [0.4, 0.5) is 4.79 Å². The van der Waals surface area contributed by atoms with E-state index in [1.165, 1.54) is 13.8 Å². The minimum absolute atomic E-state index is 0.139. The van der Waals surface area contributed by atoms with Crippen molar-refractivity contribution in [2.45, 2.75) is 91.0 Å². The zero-order valence-electron chi connectivity index (χ0n) is 21.2. The molecule has 1 aromatic carbocycles. The molecule has 1 heterocycles. The largest absolute Gasteiger partial charge is 0.458 e. The molecule has 0 saturated carbocycles. The monoisotopic (exact) mass is 493 g/mol. The minimum atomic E-state index is -0.819. The summed E-state index contributed by atoms with van der Waals surface area (Å²) in [5.74, 6) is -1.06. The molecule has 1 amide bonds. The van der Waals surface area contributed by atoms with Gasteiger partial charge in [-0.25, -0.2) is 4.79 Å². The Morgan fingerprint density at radius 2 is 1.60 bits per heavy atom. The molecule has 0 aromatic heterocycles. The molecule has 0 spiro atoms. The number of benzene rings is 1. The Hall–Kier alpha value is -2.65. The number of carbonyl (C=O) groups is 3. The Labute approximate surface area is 207 Å². The lowest BCUT2D eigenvalue weighted by Gasteiger charge is -2.43. The average Bonchev–Trinajstić information content (AvgIpc) is 2.83. The van der Waals surface area contributed by atoms with Crippen molar-refractivity contribution in [3.63, 3.8) is 0 Å². The van der Waals surface area contributed by atoms with Gasteiger partial charge in [-0.3, -0.25) is 9.59 Å². The lowest BCUT2D eigenvalue weighted by Crippen LogP contribution is -2.57. The summed E-state index contributed by atoms with van der Waals surface area (Å²) in [4.78, 5) is 35.1. The van der Waals surface area contributed by atoms with E-state index in [9.17, 15) is 14.4 Å². The molecular formula is C26H39NO8. The van der Waals surface area contributed by atoms with Crippen molar-refractivity contribution in [1.82, 2.24) is 5.32 Å². The first-order valence-electron chi connectivity index (χ1n) is 12.4. The third-order valence-corrected chi connectivity index (χ3v) is 5.85. The fourth-order valence-corrected chi connectivity index (χ4v) is 4.07. The standard InChI is InChI=1S/C26H39NO8/c1-5-22-18(2)23(33-19(3)28)24(34-20(4)29)25(35-22)31-16-12-7-6-11-15-27-26(30)32-17-21-13-9-8-10-14-21/h8-10,13-14,18,22-25H,5-7,11-12,15-17H2,1-4H3,(H,27,30). The van der Waals surface area contributed by atoms with Gasteiger partial charge in [0.1, 0.15) is 12.7 Å². The van der Waals surface area contributed by atoms with Crippen molar-refractivity contribution in [3.8, 4) is 0 Å². The van der Waals surface area contributed by atoms with Crippen molar-refractivity contribution in [2.24, 2.45) is 5.92 Å². The van der Waals surface area contributed by atoms with Crippen LogP contribution in [0.1, 0.15) is 65.4 Å². The molecule has 1 saturated heterocycles. The summed E-state index contributed by atoms with van der Waals surface area (Å²) in [6.07, 6.45) is 1.26. The molecule has 0 bridgehead atoms. The highest BCUT2D eigenvalue weighted by Crippen LogP contribution is 2.32. The quantitative estimate of drug-likeness (QED) is 0.248. The van der Waals surface area contributed by atoms with Crippen LogP contribution in [0.15, 0.2) is 30.3 Å². The van der Waals surface area contributed by atoms with Gasteiger partial charge >= 0.3 is 18.0 Å². The van der Waals surface area contributed by atoms with Crippen molar-refractivity contribution < 1.29 is 38.1 Å². The van der Waals surface area contributed by atoms with Gasteiger partial charge in [0, 0.05) is 32.9 Å². The molecule has 0 radical (unpaired) electrons. The average molecular weight is 494 g/mol. The van der Waals surface area contributed by atoms with Crippen LogP contribution in [0.2, 0.25) is 0 Å². The van der Waals surface area contributed by atoms with Crippen LogP contribution in [0.25, 0.3) is 0 Å². The summed E-state index contributed by atoms with van der Waals surface area (Å²) in [6, 6.07) is 9.52. The predicted molar refractivity (Wildman–Crippen MR) is 128 cm³/mol. The van der Waals surface area contributed by atoms with Crippen LogP contribution in [0, 0.1) is 5.92 Å². The molecule has 1 N–H and O–H groups in total. The van der Waals surface area contributed by atoms with Crippen LogP contribution in [0.5, 0.6) is 0 Å². The molecule has 2 rings (SSSR count). The molecule has 9 heteroatoms.